The van der Waals surface area contributed by atoms with Gasteiger partial charge < -0.3 is 30.5 Å². The molecule has 2 aromatic heterocycles. The van der Waals surface area contributed by atoms with Crippen molar-refractivity contribution < 1.29 is 14.3 Å². The molecule has 300 valence electrons. The van der Waals surface area contributed by atoms with Gasteiger partial charge in [-0.25, -0.2) is 15.0 Å². The number of hydrogen-bond donors (Lipinski definition) is 4. The van der Waals surface area contributed by atoms with Crippen LogP contribution in [0.1, 0.15) is 73.5 Å². The Morgan fingerprint density at radius 1 is 0.793 bits per heavy atom. The molecule has 3 fully saturated rings. The standard InChI is InChI=1S/C46H53N9O3/c1-30-39(29-48-45-43(30)47-19-26-58-45)35-3-4-36-28-49-46(52-41(36)27-35)51-38-11-7-32(8-12-38)34-17-24-55(25-18-34)21-2-20-54-22-15-33(16-23-54)31-5-9-37(10-6-31)50-40-13-14-42(56)53-44(40)57/h3-12,27-29,33-34,40,47,50H,2,13-26H2,1H3,(H,49,51,52)(H,53,56,57). The Bertz CT molecular complexity index is 2250. The minimum absolute atomic E-state index is 0.187. The summed E-state index contributed by atoms with van der Waals surface area (Å²) in [6, 6.07) is 23.3. The van der Waals surface area contributed by atoms with Crippen molar-refractivity contribution in [1.82, 2.24) is 30.1 Å². The Labute approximate surface area is 340 Å². The van der Waals surface area contributed by atoms with Crippen LogP contribution in [0.2, 0.25) is 0 Å². The number of amides is 2. The minimum atomic E-state index is -0.349. The van der Waals surface area contributed by atoms with Gasteiger partial charge in [0.05, 0.1) is 5.52 Å². The second-order valence-corrected chi connectivity index (χ2v) is 16.3. The summed E-state index contributed by atoms with van der Waals surface area (Å²) in [6.07, 6.45) is 10.6. The molecule has 9 rings (SSSR count). The van der Waals surface area contributed by atoms with Gasteiger partial charge in [-0.05, 0) is 149 Å². The average molecular weight is 780 g/mol. The number of anilines is 4. The zero-order valence-electron chi connectivity index (χ0n) is 33.3. The van der Waals surface area contributed by atoms with Crippen LogP contribution in [-0.4, -0.2) is 95.0 Å². The lowest BCUT2D eigenvalue weighted by atomic mass is 9.89. The van der Waals surface area contributed by atoms with Gasteiger partial charge in [-0.3, -0.25) is 14.9 Å². The largest absolute Gasteiger partial charge is 0.474 e. The maximum absolute atomic E-state index is 12.1. The number of ether oxygens (including phenoxy) is 1. The summed E-state index contributed by atoms with van der Waals surface area (Å²) in [4.78, 5) is 42.9. The molecule has 0 aliphatic carbocycles. The third-order valence-electron chi connectivity index (χ3n) is 12.6. The molecular formula is C46H53N9O3. The van der Waals surface area contributed by atoms with E-state index in [1.165, 1.54) is 49.8 Å². The van der Waals surface area contributed by atoms with E-state index in [0.717, 1.165) is 83.9 Å². The Balaban J connectivity index is 0.702. The first-order chi connectivity index (χ1) is 28.4. The highest BCUT2D eigenvalue weighted by atomic mass is 16.5. The molecule has 4 aliphatic rings. The molecule has 4 aliphatic heterocycles. The first-order valence-corrected chi connectivity index (χ1v) is 21.1. The second-order valence-electron chi connectivity index (χ2n) is 16.3. The summed E-state index contributed by atoms with van der Waals surface area (Å²) in [7, 11) is 0. The van der Waals surface area contributed by atoms with Gasteiger partial charge in [-0.1, -0.05) is 36.4 Å². The molecule has 6 heterocycles. The molecule has 0 radical (unpaired) electrons. The van der Waals surface area contributed by atoms with Crippen LogP contribution in [0.4, 0.5) is 23.0 Å². The highest BCUT2D eigenvalue weighted by Crippen LogP contribution is 2.36. The number of hydrogen-bond acceptors (Lipinski definition) is 11. The van der Waals surface area contributed by atoms with Gasteiger partial charge in [0.25, 0.3) is 0 Å². The Kier molecular flexibility index (Phi) is 11.2. The summed E-state index contributed by atoms with van der Waals surface area (Å²) >= 11 is 0. The van der Waals surface area contributed by atoms with Gasteiger partial charge in [-0.2, -0.15) is 0 Å². The molecule has 0 bridgehead atoms. The topological polar surface area (TPSA) is 137 Å². The molecule has 3 aromatic carbocycles. The fraction of sp³-hybridized carbons (Fsp3) is 0.413. The Hall–Kier alpha value is -5.59. The second kappa shape index (κ2) is 17.1. The lowest BCUT2D eigenvalue weighted by Crippen LogP contribution is -2.47. The van der Waals surface area contributed by atoms with E-state index in [2.05, 4.69) is 115 Å². The van der Waals surface area contributed by atoms with Gasteiger partial charge in [0.15, 0.2) is 0 Å². The molecular weight excluding hydrogens is 727 g/mol. The van der Waals surface area contributed by atoms with Crippen LogP contribution in [0.5, 0.6) is 5.88 Å². The number of carbonyl (C=O) groups excluding carboxylic acids is 2. The number of carbonyl (C=O) groups is 2. The number of aromatic nitrogens is 3. The minimum Gasteiger partial charge on any atom is -0.474 e. The van der Waals surface area contributed by atoms with Crippen LogP contribution in [0, 0.1) is 6.92 Å². The molecule has 1 atom stereocenters. The van der Waals surface area contributed by atoms with Gasteiger partial charge in [0.2, 0.25) is 23.6 Å². The predicted octanol–water partition coefficient (Wildman–Crippen LogP) is 7.21. The smallest absolute Gasteiger partial charge is 0.249 e. The van der Waals surface area contributed by atoms with Crippen LogP contribution in [-0.2, 0) is 9.59 Å². The van der Waals surface area contributed by atoms with E-state index in [1.807, 2.05) is 12.4 Å². The van der Waals surface area contributed by atoms with Crippen molar-refractivity contribution in [3.8, 4) is 17.0 Å². The van der Waals surface area contributed by atoms with E-state index in [0.29, 0.717) is 43.1 Å². The molecule has 12 heteroatoms. The van der Waals surface area contributed by atoms with Crippen molar-refractivity contribution in [3.05, 3.63) is 95.8 Å². The van der Waals surface area contributed by atoms with Gasteiger partial charge in [0, 0.05) is 47.7 Å². The van der Waals surface area contributed by atoms with Crippen LogP contribution >= 0.6 is 0 Å². The molecule has 4 N–H and O–H groups in total. The number of benzene rings is 3. The van der Waals surface area contributed by atoms with Crippen molar-refractivity contribution in [2.45, 2.75) is 69.7 Å². The summed E-state index contributed by atoms with van der Waals surface area (Å²) in [6.45, 7) is 10.4. The monoisotopic (exact) mass is 779 g/mol. The molecule has 1 unspecified atom stereocenters. The van der Waals surface area contributed by atoms with Crippen molar-refractivity contribution in [3.63, 3.8) is 0 Å². The maximum Gasteiger partial charge on any atom is 0.249 e. The van der Waals surface area contributed by atoms with Crippen LogP contribution < -0.4 is 26.0 Å². The van der Waals surface area contributed by atoms with Crippen LogP contribution in [0.25, 0.3) is 22.0 Å². The fourth-order valence-corrected chi connectivity index (χ4v) is 9.11. The van der Waals surface area contributed by atoms with E-state index in [-0.39, 0.29) is 17.9 Å². The number of nitrogens with one attached hydrogen (secondary N) is 4. The first-order valence-electron chi connectivity index (χ1n) is 21.1. The molecule has 0 saturated carbocycles. The molecule has 5 aromatic rings. The number of rotatable bonds is 11. The maximum atomic E-state index is 12.1. The number of fused-ring (bicyclic) bond motifs is 2. The van der Waals surface area contributed by atoms with Crippen molar-refractivity contribution >= 4 is 45.7 Å². The van der Waals surface area contributed by atoms with Gasteiger partial charge in [-0.15, -0.1) is 0 Å². The quantitative estimate of drug-likeness (QED) is 0.101. The number of piperidine rings is 3. The normalized spacial score (nSPS) is 19.6. The Morgan fingerprint density at radius 2 is 1.47 bits per heavy atom. The average Bonchev–Trinajstić information content (AvgIpc) is 3.26. The number of imide groups is 1. The zero-order chi connectivity index (χ0) is 39.4. The predicted molar refractivity (Wildman–Crippen MR) is 229 cm³/mol. The molecule has 0 spiro atoms. The SMILES string of the molecule is Cc1c(-c2ccc3cnc(Nc4ccc(C5CCN(CCCN6CCC(c7ccc(NC8CCC(=O)NC8=O)cc7)CC6)CC5)cc4)nc3c2)cnc2c1NCCO2. The van der Waals surface area contributed by atoms with E-state index in [1.54, 1.807) is 0 Å². The first kappa shape index (κ1) is 38.0. The van der Waals surface area contributed by atoms with Gasteiger partial charge >= 0.3 is 0 Å². The van der Waals surface area contributed by atoms with Crippen molar-refractivity contribution in [1.29, 1.82) is 0 Å². The zero-order valence-corrected chi connectivity index (χ0v) is 33.3. The van der Waals surface area contributed by atoms with Crippen molar-refractivity contribution in [2.75, 3.05) is 68.4 Å². The highest BCUT2D eigenvalue weighted by Gasteiger charge is 2.27. The fourth-order valence-electron chi connectivity index (χ4n) is 9.11. The molecule has 58 heavy (non-hydrogen) atoms. The summed E-state index contributed by atoms with van der Waals surface area (Å²) < 4.78 is 5.73. The third-order valence-corrected chi connectivity index (χ3v) is 12.6. The third kappa shape index (κ3) is 8.63. The number of likely N-dealkylation sites (tertiary alicyclic amines) is 2. The van der Waals surface area contributed by atoms with E-state index in [9.17, 15) is 9.59 Å². The molecule has 3 saturated heterocycles. The summed E-state index contributed by atoms with van der Waals surface area (Å²) in [5.74, 6) is 1.99. The van der Waals surface area contributed by atoms with Crippen molar-refractivity contribution in [2.24, 2.45) is 0 Å². The summed E-state index contributed by atoms with van der Waals surface area (Å²) in [5, 5.41) is 13.6. The molecule has 12 nitrogen and oxygen atoms in total. The summed E-state index contributed by atoms with van der Waals surface area (Å²) in [5.41, 5.74) is 9.79. The number of pyridine rings is 1. The number of nitrogens with zero attached hydrogens (tertiary/aromatic N) is 5. The van der Waals surface area contributed by atoms with Crippen LogP contribution in [0.3, 0.4) is 0 Å². The lowest BCUT2D eigenvalue weighted by molar-refractivity contribution is -0.133. The Morgan fingerprint density at radius 3 is 2.14 bits per heavy atom. The van der Waals surface area contributed by atoms with E-state index in [4.69, 9.17) is 9.72 Å². The van der Waals surface area contributed by atoms with Crippen LogP contribution in [0.15, 0.2) is 79.1 Å². The lowest BCUT2D eigenvalue weighted by Gasteiger charge is -2.34. The highest BCUT2D eigenvalue weighted by molar-refractivity contribution is 6.01. The molecule has 2 amide bonds. The van der Waals surface area contributed by atoms with E-state index >= 15 is 0 Å². The van der Waals surface area contributed by atoms with E-state index < -0.39 is 0 Å². The van der Waals surface area contributed by atoms with Gasteiger partial charge in [0.1, 0.15) is 18.3 Å².